The number of para-hydroxylation sites is 1. The van der Waals surface area contributed by atoms with Gasteiger partial charge in [0.15, 0.2) is 0 Å². The lowest BCUT2D eigenvalue weighted by Crippen LogP contribution is -2.25. The molecule has 0 aliphatic carbocycles. The number of rotatable bonds is 5. The van der Waals surface area contributed by atoms with Crippen molar-refractivity contribution in [3.8, 4) is 0 Å². The van der Waals surface area contributed by atoms with Gasteiger partial charge in [0.2, 0.25) is 5.91 Å². The third-order valence-electron chi connectivity index (χ3n) is 3.34. The average molecular weight is 343 g/mol. The van der Waals surface area contributed by atoms with Crippen LogP contribution in [0, 0.1) is 20.8 Å². The third-order valence-corrected chi connectivity index (χ3v) is 4.08. The topological polar surface area (TPSA) is 70.2 Å². The summed E-state index contributed by atoms with van der Waals surface area (Å²) in [6.45, 7) is 5.96. The van der Waals surface area contributed by atoms with E-state index in [0.717, 1.165) is 34.3 Å². The van der Waals surface area contributed by atoms with E-state index in [0.29, 0.717) is 5.69 Å². The van der Waals surface area contributed by atoms with Crippen molar-refractivity contribution in [1.29, 1.82) is 0 Å². The molecule has 0 saturated carbocycles. The van der Waals surface area contributed by atoms with Crippen molar-refractivity contribution < 1.29 is 9.59 Å². The van der Waals surface area contributed by atoms with Crippen molar-refractivity contribution in [1.82, 2.24) is 4.72 Å². The summed E-state index contributed by atoms with van der Waals surface area (Å²) in [5.41, 5.74) is 4.75. The highest BCUT2D eigenvalue weighted by Crippen LogP contribution is 2.22. The molecular weight excluding hydrogens is 322 g/mol. The summed E-state index contributed by atoms with van der Waals surface area (Å²) in [5.74, 6) is -0.0235. The second kappa shape index (κ2) is 8.40. The fourth-order valence-electron chi connectivity index (χ4n) is 2.40. The molecule has 0 saturated heterocycles. The largest absolute Gasteiger partial charge is 0.329 e. The van der Waals surface area contributed by atoms with E-state index < -0.39 is 0 Å². The van der Waals surface area contributed by atoms with Crippen molar-refractivity contribution in [2.45, 2.75) is 20.8 Å². The van der Waals surface area contributed by atoms with E-state index in [9.17, 15) is 9.59 Å². The maximum atomic E-state index is 12.0. The monoisotopic (exact) mass is 343 g/mol. The Balaban J connectivity index is 1.78. The Hall–Kier alpha value is -2.47. The Morgan fingerprint density at radius 1 is 0.958 bits per heavy atom. The molecule has 3 amide bonds. The van der Waals surface area contributed by atoms with E-state index in [1.54, 1.807) is 12.1 Å². The molecule has 126 valence electrons. The first-order valence-electron chi connectivity index (χ1n) is 7.57. The minimum Gasteiger partial charge on any atom is -0.325 e. The quantitative estimate of drug-likeness (QED) is 0.718. The van der Waals surface area contributed by atoms with Crippen LogP contribution >= 0.6 is 11.9 Å². The molecule has 0 bridgehead atoms. The zero-order chi connectivity index (χ0) is 17.5. The van der Waals surface area contributed by atoms with Crippen LogP contribution in [0.15, 0.2) is 42.5 Å². The van der Waals surface area contributed by atoms with Crippen LogP contribution in [0.2, 0.25) is 0 Å². The van der Waals surface area contributed by atoms with Gasteiger partial charge in [-0.3, -0.25) is 9.52 Å². The highest BCUT2D eigenvalue weighted by molar-refractivity contribution is 7.98. The molecule has 2 rings (SSSR count). The standard InChI is InChI=1S/C18H21N3O2S/c1-12-9-13(2)17(14(3)10-12)20-16(22)11-24-21-18(23)19-15-7-5-4-6-8-15/h4-10H,11H2,1-3H3,(H,20,22)(H2,19,21,23). The normalized spacial score (nSPS) is 10.1. The predicted molar refractivity (Wildman–Crippen MR) is 100 cm³/mol. The minimum absolute atomic E-state index is 0.134. The molecular formula is C18H21N3O2S. The van der Waals surface area contributed by atoms with Gasteiger partial charge < -0.3 is 10.6 Å². The van der Waals surface area contributed by atoms with Crippen molar-refractivity contribution in [2.24, 2.45) is 0 Å². The number of nitrogens with one attached hydrogen (secondary N) is 3. The zero-order valence-corrected chi connectivity index (χ0v) is 14.8. The Labute approximate surface area is 146 Å². The van der Waals surface area contributed by atoms with Gasteiger partial charge in [-0.2, -0.15) is 0 Å². The van der Waals surface area contributed by atoms with E-state index in [-0.39, 0.29) is 17.7 Å². The molecule has 6 heteroatoms. The van der Waals surface area contributed by atoms with E-state index >= 15 is 0 Å². The summed E-state index contributed by atoms with van der Waals surface area (Å²) in [7, 11) is 0. The van der Waals surface area contributed by atoms with Gasteiger partial charge in [-0.1, -0.05) is 35.9 Å². The van der Waals surface area contributed by atoms with Gasteiger partial charge in [-0.25, -0.2) is 4.79 Å². The molecule has 0 aliphatic rings. The van der Waals surface area contributed by atoms with Crippen LogP contribution < -0.4 is 15.4 Å². The predicted octanol–water partition coefficient (Wildman–Crippen LogP) is 4.02. The number of hydrogen-bond acceptors (Lipinski definition) is 3. The van der Waals surface area contributed by atoms with Crippen LogP contribution in [0.3, 0.4) is 0 Å². The zero-order valence-electron chi connectivity index (χ0n) is 14.0. The summed E-state index contributed by atoms with van der Waals surface area (Å²) in [4.78, 5) is 23.8. The first-order valence-corrected chi connectivity index (χ1v) is 8.56. The molecule has 0 heterocycles. The van der Waals surface area contributed by atoms with Crippen LogP contribution in [0.25, 0.3) is 0 Å². The highest BCUT2D eigenvalue weighted by Gasteiger charge is 2.09. The number of carbonyl (C=O) groups is 2. The van der Waals surface area contributed by atoms with Gasteiger partial charge in [0, 0.05) is 11.4 Å². The second-order valence-corrected chi connectivity index (χ2v) is 6.31. The molecule has 0 aliphatic heterocycles. The summed E-state index contributed by atoms with van der Waals surface area (Å²) in [5, 5.41) is 5.58. The molecule has 2 aromatic carbocycles. The van der Waals surface area contributed by atoms with Gasteiger partial charge in [-0.05, 0) is 56.0 Å². The van der Waals surface area contributed by atoms with Crippen LogP contribution in [0.5, 0.6) is 0 Å². The van der Waals surface area contributed by atoms with Crippen molar-refractivity contribution >= 4 is 35.3 Å². The molecule has 0 radical (unpaired) electrons. The molecule has 0 aromatic heterocycles. The van der Waals surface area contributed by atoms with Crippen LogP contribution in [-0.2, 0) is 4.79 Å². The first kappa shape index (κ1) is 17.9. The van der Waals surface area contributed by atoms with E-state index in [1.807, 2.05) is 51.1 Å². The molecule has 0 unspecified atom stereocenters. The molecule has 0 fully saturated rings. The number of anilines is 2. The van der Waals surface area contributed by atoms with E-state index in [1.165, 1.54) is 0 Å². The number of benzene rings is 2. The summed E-state index contributed by atoms with van der Waals surface area (Å²) in [6.07, 6.45) is 0. The van der Waals surface area contributed by atoms with Gasteiger partial charge in [0.25, 0.3) is 0 Å². The van der Waals surface area contributed by atoms with Gasteiger partial charge in [-0.15, -0.1) is 0 Å². The molecule has 0 spiro atoms. The van der Waals surface area contributed by atoms with Crippen molar-refractivity contribution in [3.63, 3.8) is 0 Å². The smallest absolute Gasteiger partial charge is 0.325 e. The lowest BCUT2D eigenvalue weighted by molar-refractivity contribution is -0.113. The number of hydrogen-bond donors (Lipinski definition) is 3. The Morgan fingerprint density at radius 2 is 1.58 bits per heavy atom. The summed E-state index contributed by atoms with van der Waals surface area (Å²) >= 11 is 1.05. The van der Waals surface area contributed by atoms with Crippen LogP contribution in [0.4, 0.5) is 16.2 Å². The van der Waals surface area contributed by atoms with E-state index in [4.69, 9.17) is 0 Å². The van der Waals surface area contributed by atoms with Crippen molar-refractivity contribution in [2.75, 3.05) is 16.4 Å². The Morgan fingerprint density at radius 3 is 2.21 bits per heavy atom. The van der Waals surface area contributed by atoms with Crippen LogP contribution in [0.1, 0.15) is 16.7 Å². The Bertz CT molecular complexity index is 709. The number of aryl methyl sites for hydroxylation is 3. The average Bonchev–Trinajstić information content (AvgIpc) is 2.52. The maximum absolute atomic E-state index is 12.0. The molecule has 5 nitrogen and oxygen atoms in total. The SMILES string of the molecule is Cc1cc(C)c(NC(=O)CSNC(=O)Nc2ccccc2)c(C)c1. The van der Waals surface area contributed by atoms with E-state index in [2.05, 4.69) is 15.4 Å². The summed E-state index contributed by atoms with van der Waals surface area (Å²) < 4.78 is 2.59. The molecule has 3 N–H and O–H groups in total. The number of carbonyl (C=O) groups excluding carboxylic acids is 2. The third kappa shape index (κ3) is 5.31. The van der Waals surface area contributed by atoms with Crippen molar-refractivity contribution in [3.05, 3.63) is 59.2 Å². The minimum atomic E-state index is -0.360. The number of amides is 3. The first-order chi connectivity index (χ1) is 11.5. The fourth-order valence-corrected chi connectivity index (χ4v) is 2.86. The van der Waals surface area contributed by atoms with Crippen LogP contribution in [-0.4, -0.2) is 17.7 Å². The molecule has 2 aromatic rings. The highest BCUT2D eigenvalue weighted by atomic mass is 32.2. The Kier molecular flexibility index (Phi) is 6.26. The molecule has 0 atom stereocenters. The fraction of sp³-hybridized carbons (Fsp3) is 0.222. The summed E-state index contributed by atoms with van der Waals surface area (Å²) in [6, 6.07) is 12.8. The second-order valence-electron chi connectivity index (χ2n) is 5.53. The van der Waals surface area contributed by atoms with Gasteiger partial charge >= 0.3 is 6.03 Å². The molecule has 24 heavy (non-hydrogen) atoms. The lowest BCUT2D eigenvalue weighted by Gasteiger charge is -2.13. The maximum Gasteiger partial charge on any atom is 0.329 e. The van der Waals surface area contributed by atoms with Gasteiger partial charge in [0.1, 0.15) is 0 Å². The number of urea groups is 1. The lowest BCUT2D eigenvalue weighted by atomic mass is 10.1. The van der Waals surface area contributed by atoms with Gasteiger partial charge in [0.05, 0.1) is 5.75 Å².